The number of sulfone groups is 1. The molecular weight excluding hydrogens is 316 g/mol. The van der Waals surface area contributed by atoms with E-state index in [1.54, 1.807) is 6.20 Å². The van der Waals surface area contributed by atoms with Gasteiger partial charge >= 0.3 is 0 Å². The number of nitrogens with zero attached hydrogens (tertiary/aromatic N) is 3. The molecule has 1 saturated heterocycles. The first-order chi connectivity index (χ1) is 10.8. The summed E-state index contributed by atoms with van der Waals surface area (Å²) in [4.78, 5) is 20.7. The van der Waals surface area contributed by atoms with Crippen molar-refractivity contribution in [1.29, 1.82) is 0 Å². The van der Waals surface area contributed by atoms with Crippen LogP contribution in [0.1, 0.15) is 12.5 Å². The standard InChI is InChI=1S/C15H24N4O3S/c1-12(23(3,21)22)15(20)17-11-13-4-5-14(16-10-13)19-8-6-18(2)7-9-19/h4-5,10,12H,6-9,11H2,1-3H3,(H,17,20)/t12-/m0/s1. The molecule has 1 aromatic rings. The Hall–Kier alpha value is -1.67. The maximum Gasteiger partial charge on any atom is 0.238 e. The molecule has 1 aliphatic heterocycles. The molecule has 0 spiro atoms. The summed E-state index contributed by atoms with van der Waals surface area (Å²) in [6, 6.07) is 3.85. The zero-order valence-corrected chi connectivity index (χ0v) is 14.6. The molecule has 1 aliphatic rings. The fraction of sp³-hybridized carbons (Fsp3) is 0.600. The minimum absolute atomic E-state index is 0.273. The average Bonchev–Trinajstić information content (AvgIpc) is 2.52. The van der Waals surface area contributed by atoms with Crippen molar-refractivity contribution in [3.63, 3.8) is 0 Å². The number of rotatable bonds is 5. The number of amides is 1. The molecule has 0 unspecified atom stereocenters. The van der Waals surface area contributed by atoms with E-state index in [0.717, 1.165) is 43.8 Å². The SMILES string of the molecule is C[C@@H](C(=O)NCc1ccc(N2CCN(C)CC2)nc1)S(C)(=O)=O. The molecular formula is C15H24N4O3S. The highest BCUT2D eigenvalue weighted by Gasteiger charge is 2.23. The number of carbonyl (C=O) groups is 1. The smallest absolute Gasteiger partial charge is 0.238 e. The summed E-state index contributed by atoms with van der Waals surface area (Å²) in [5.74, 6) is 0.438. The number of carbonyl (C=O) groups excluding carboxylic acids is 1. The van der Waals surface area contributed by atoms with Crippen molar-refractivity contribution in [2.24, 2.45) is 0 Å². The van der Waals surface area contributed by atoms with Crippen LogP contribution in [-0.4, -0.2) is 68.9 Å². The zero-order valence-electron chi connectivity index (χ0n) is 13.8. The van der Waals surface area contributed by atoms with E-state index in [2.05, 4.69) is 27.1 Å². The first-order valence-electron chi connectivity index (χ1n) is 7.62. The number of aromatic nitrogens is 1. The van der Waals surface area contributed by atoms with Gasteiger partial charge in [-0.25, -0.2) is 13.4 Å². The van der Waals surface area contributed by atoms with Crippen LogP contribution in [0.25, 0.3) is 0 Å². The van der Waals surface area contributed by atoms with Crippen molar-refractivity contribution in [2.75, 3.05) is 44.4 Å². The van der Waals surface area contributed by atoms with Gasteiger partial charge in [0.2, 0.25) is 5.91 Å². The molecule has 1 atom stereocenters. The summed E-state index contributed by atoms with van der Waals surface area (Å²) in [7, 11) is -1.27. The predicted molar refractivity (Wildman–Crippen MR) is 90.1 cm³/mol. The summed E-state index contributed by atoms with van der Waals surface area (Å²) in [5.41, 5.74) is 0.844. The Kier molecular flexibility index (Phi) is 5.59. The van der Waals surface area contributed by atoms with Gasteiger partial charge in [-0.2, -0.15) is 0 Å². The minimum Gasteiger partial charge on any atom is -0.354 e. The second-order valence-electron chi connectivity index (χ2n) is 6.00. The van der Waals surface area contributed by atoms with Crippen molar-refractivity contribution in [3.05, 3.63) is 23.9 Å². The van der Waals surface area contributed by atoms with E-state index >= 15 is 0 Å². The topological polar surface area (TPSA) is 82.6 Å². The molecule has 2 rings (SSSR count). The summed E-state index contributed by atoms with van der Waals surface area (Å²) < 4.78 is 22.7. The maximum atomic E-state index is 11.8. The van der Waals surface area contributed by atoms with Crippen LogP contribution in [0.3, 0.4) is 0 Å². The molecule has 128 valence electrons. The average molecular weight is 340 g/mol. The summed E-state index contributed by atoms with van der Waals surface area (Å²) in [6.45, 7) is 5.59. The van der Waals surface area contributed by atoms with Crippen molar-refractivity contribution in [1.82, 2.24) is 15.2 Å². The fourth-order valence-electron chi connectivity index (χ4n) is 2.27. The Morgan fingerprint density at radius 1 is 1.30 bits per heavy atom. The van der Waals surface area contributed by atoms with E-state index in [0.29, 0.717) is 0 Å². The third kappa shape index (κ3) is 4.90. The Morgan fingerprint density at radius 2 is 1.96 bits per heavy atom. The van der Waals surface area contributed by atoms with Gasteiger partial charge in [0.1, 0.15) is 11.1 Å². The molecule has 1 fully saturated rings. The third-order valence-electron chi connectivity index (χ3n) is 4.11. The Bertz CT molecular complexity index is 637. The number of likely N-dealkylation sites (N-methyl/N-ethyl adjacent to an activating group) is 1. The van der Waals surface area contributed by atoms with Crippen molar-refractivity contribution in [3.8, 4) is 0 Å². The maximum absolute atomic E-state index is 11.8. The van der Waals surface area contributed by atoms with Gasteiger partial charge in [0, 0.05) is 45.2 Å². The van der Waals surface area contributed by atoms with Gasteiger partial charge in [-0.3, -0.25) is 4.79 Å². The monoisotopic (exact) mass is 340 g/mol. The number of hydrogen-bond acceptors (Lipinski definition) is 6. The molecule has 0 aromatic carbocycles. The van der Waals surface area contributed by atoms with Gasteiger partial charge in [0.25, 0.3) is 0 Å². The largest absolute Gasteiger partial charge is 0.354 e. The van der Waals surface area contributed by atoms with Crippen molar-refractivity contribution < 1.29 is 13.2 Å². The molecule has 8 heteroatoms. The van der Waals surface area contributed by atoms with Gasteiger partial charge in [-0.15, -0.1) is 0 Å². The van der Waals surface area contributed by atoms with Crippen LogP contribution in [0.2, 0.25) is 0 Å². The normalized spacial score (nSPS) is 17.8. The number of hydrogen-bond donors (Lipinski definition) is 1. The lowest BCUT2D eigenvalue weighted by atomic mass is 10.2. The Morgan fingerprint density at radius 3 is 2.48 bits per heavy atom. The van der Waals surface area contributed by atoms with E-state index in [4.69, 9.17) is 0 Å². The molecule has 1 N–H and O–H groups in total. The molecule has 0 saturated carbocycles. The van der Waals surface area contributed by atoms with Crippen LogP contribution < -0.4 is 10.2 Å². The molecule has 0 bridgehead atoms. The molecule has 7 nitrogen and oxygen atoms in total. The molecule has 23 heavy (non-hydrogen) atoms. The predicted octanol–water partition coefficient (Wildman–Crippen LogP) is -0.117. The van der Waals surface area contributed by atoms with Crippen LogP contribution in [0.5, 0.6) is 0 Å². The number of nitrogens with one attached hydrogen (secondary N) is 1. The number of piperazine rings is 1. The van der Waals surface area contributed by atoms with Crippen molar-refractivity contribution in [2.45, 2.75) is 18.7 Å². The first-order valence-corrected chi connectivity index (χ1v) is 9.58. The molecule has 0 radical (unpaired) electrons. The zero-order chi connectivity index (χ0) is 17.0. The first kappa shape index (κ1) is 17.7. The molecule has 1 amide bonds. The van der Waals surface area contributed by atoms with E-state index < -0.39 is 21.0 Å². The van der Waals surface area contributed by atoms with E-state index in [1.165, 1.54) is 6.92 Å². The molecule has 1 aromatic heterocycles. The lowest BCUT2D eigenvalue weighted by Gasteiger charge is -2.33. The quantitative estimate of drug-likeness (QED) is 0.805. The van der Waals surface area contributed by atoms with Crippen LogP contribution >= 0.6 is 0 Å². The Balaban J connectivity index is 1.89. The molecule has 0 aliphatic carbocycles. The third-order valence-corrected chi connectivity index (χ3v) is 5.61. The van der Waals surface area contributed by atoms with Gasteiger partial charge in [0.15, 0.2) is 9.84 Å². The highest BCUT2D eigenvalue weighted by molar-refractivity contribution is 7.92. The van der Waals surface area contributed by atoms with E-state index in [1.807, 2.05) is 12.1 Å². The van der Waals surface area contributed by atoms with Crippen LogP contribution in [0.15, 0.2) is 18.3 Å². The van der Waals surface area contributed by atoms with Crippen molar-refractivity contribution >= 4 is 21.6 Å². The van der Waals surface area contributed by atoms with Crippen LogP contribution in [0.4, 0.5) is 5.82 Å². The van der Waals surface area contributed by atoms with Gasteiger partial charge < -0.3 is 15.1 Å². The second kappa shape index (κ2) is 7.27. The van der Waals surface area contributed by atoms with Crippen LogP contribution in [-0.2, 0) is 21.2 Å². The summed E-state index contributed by atoms with van der Waals surface area (Å²) in [5, 5.41) is 1.59. The number of pyridine rings is 1. The minimum atomic E-state index is -3.37. The summed E-state index contributed by atoms with van der Waals surface area (Å²) in [6.07, 6.45) is 2.78. The van der Waals surface area contributed by atoms with Gasteiger partial charge in [-0.1, -0.05) is 6.07 Å². The van der Waals surface area contributed by atoms with E-state index in [9.17, 15) is 13.2 Å². The van der Waals surface area contributed by atoms with Gasteiger partial charge in [-0.05, 0) is 25.6 Å². The lowest BCUT2D eigenvalue weighted by Crippen LogP contribution is -2.44. The van der Waals surface area contributed by atoms with Crippen LogP contribution in [0, 0.1) is 0 Å². The highest BCUT2D eigenvalue weighted by Crippen LogP contribution is 2.13. The number of anilines is 1. The lowest BCUT2D eigenvalue weighted by molar-refractivity contribution is -0.120. The fourth-order valence-corrected chi connectivity index (χ4v) is 2.74. The van der Waals surface area contributed by atoms with E-state index in [-0.39, 0.29) is 6.54 Å². The Labute approximate surface area is 137 Å². The summed E-state index contributed by atoms with van der Waals surface area (Å²) >= 11 is 0. The van der Waals surface area contributed by atoms with Gasteiger partial charge in [0.05, 0.1) is 0 Å². The molecule has 2 heterocycles. The second-order valence-corrected chi connectivity index (χ2v) is 8.37. The highest BCUT2D eigenvalue weighted by atomic mass is 32.2.